The third-order valence-corrected chi connectivity index (χ3v) is 6.95. The summed E-state index contributed by atoms with van der Waals surface area (Å²) in [5, 5.41) is 0. The molecular weight excluding hydrogens is 442 g/mol. The van der Waals surface area contributed by atoms with Crippen LogP contribution in [0.1, 0.15) is 18.2 Å². The van der Waals surface area contributed by atoms with Gasteiger partial charge < -0.3 is 0 Å². The molecule has 0 spiro atoms. The van der Waals surface area contributed by atoms with Crippen molar-refractivity contribution in [2.45, 2.75) is 20.4 Å². The van der Waals surface area contributed by atoms with Crippen LogP contribution in [-0.4, -0.2) is 23.5 Å². The number of benzene rings is 2. The van der Waals surface area contributed by atoms with Crippen LogP contribution < -0.4 is 9.86 Å². The van der Waals surface area contributed by atoms with Crippen LogP contribution in [0.3, 0.4) is 0 Å². The van der Waals surface area contributed by atoms with E-state index in [4.69, 9.17) is 0 Å². The van der Waals surface area contributed by atoms with E-state index in [1.165, 1.54) is 8.99 Å². The van der Waals surface area contributed by atoms with Crippen LogP contribution >= 0.6 is 15.9 Å². The summed E-state index contributed by atoms with van der Waals surface area (Å²) < 4.78 is 31.1. The maximum atomic E-state index is 13.3. The number of anilines is 1. The molecule has 0 aliphatic heterocycles. The lowest BCUT2D eigenvalue weighted by atomic mass is 10.2. The van der Waals surface area contributed by atoms with Crippen molar-refractivity contribution in [1.29, 1.82) is 0 Å². The van der Waals surface area contributed by atoms with Crippen LogP contribution in [0.5, 0.6) is 0 Å². The van der Waals surface area contributed by atoms with Crippen molar-refractivity contribution in [3.05, 3.63) is 80.7 Å². The topological polar surface area (TPSA) is 64.3 Å². The molecule has 3 aromatic rings. The molecule has 0 aliphatic rings. The number of sulfonamides is 1. The number of hydrogen-bond acceptors (Lipinski definition) is 3. The first kappa shape index (κ1) is 20.4. The van der Waals surface area contributed by atoms with Crippen molar-refractivity contribution in [3.63, 3.8) is 0 Å². The van der Waals surface area contributed by atoms with Crippen LogP contribution in [0.4, 0.5) is 5.69 Å². The van der Waals surface area contributed by atoms with Crippen LogP contribution in [0.15, 0.2) is 63.9 Å². The van der Waals surface area contributed by atoms with Gasteiger partial charge in [-0.1, -0.05) is 46.3 Å². The Balaban J connectivity index is 2.18. The van der Waals surface area contributed by atoms with E-state index in [1.54, 1.807) is 25.6 Å². The fourth-order valence-corrected chi connectivity index (χ4v) is 4.48. The summed E-state index contributed by atoms with van der Waals surface area (Å²) in [6.07, 6.45) is 0. The van der Waals surface area contributed by atoms with Gasteiger partial charge in [-0.3, -0.25) is 13.8 Å². The Morgan fingerprint density at radius 2 is 1.64 bits per heavy atom. The Bertz CT molecular complexity index is 1130. The quantitative estimate of drug-likeness (QED) is 0.560. The molecular formula is C20H22BrN3O3S. The molecule has 1 heterocycles. The second-order valence-electron chi connectivity index (χ2n) is 6.44. The van der Waals surface area contributed by atoms with Crippen molar-refractivity contribution >= 4 is 31.6 Å². The molecule has 0 amide bonds. The molecule has 3 rings (SSSR count). The third kappa shape index (κ3) is 3.79. The molecule has 0 N–H and O–H groups in total. The summed E-state index contributed by atoms with van der Waals surface area (Å²) in [4.78, 5) is 13.3. The fourth-order valence-electron chi connectivity index (χ4n) is 3.07. The highest BCUT2D eigenvalue weighted by atomic mass is 79.9. The van der Waals surface area contributed by atoms with Gasteiger partial charge in [0.1, 0.15) is 5.69 Å². The first-order valence-corrected chi connectivity index (χ1v) is 11.3. The molecule has 0 saturated heterocycles. The molecule has 8 heteroatoms. The minimum atomic E-state index is -3.66. The first-order chi connectivity index (χ1) is 13.3. The van der Waals surface area contributed by atoms with E-state index in [0.29, 0.717) is 11.4 Å². The Labute approximate surface area is 173 Å². The highest BCUT2D eigenvalue weighted by Crippen LogP contribution is 2.24. The van der Waals surface area contributed by atoms with E-state index >= 15 is 0 Å². The van der Waals surface area contributed by atoms with Gasteiger partial charge in [0.05, 0.1) is 23.7 Å². The van der Waals surface area contributed by atoms with Gasteiger partial charge in [0, 0.05) is 11.5 Å². The summed E-state index contributed by atoms with van der Waals surface area (Å²) in [6.45, 7) is 3.44. The summed E-state index contributed by atoms with van der Waals surface area (Å²) in [7, 11) is -1.90. The van der Waals surface area contributed by atoms with Gasteiger partial charge in [-0.2, -0.15) is 0 Å². The predicted molar refractivity (Wildman–Crippen MR) is 116 cm³/mol. The Hall–Kier alpha value is -2.32. The van der Waals surface area contributed by atoms with Crippen LogP contribution in [0, 0.1) is 6.92 Å². The lowest BCUT2D eigenvalue weighted by Gasteiger charge is -2.22. The fraction of sp³-hybridized carbons (Fsp3) is 0.250. The molecule has 0 radical (unpaired) electrons. The largest absolute Gasteiger partial charge is 0.296 e. The second-order valence-corrected chi connectivity index (χ2v) is 9.54. The minimum absolute atomic E-state index is 0.0946. The molecule has 0 aliphatic carbocycles. The van der Waals surface area contributed by atoms with Crippen molar-refractivity contribution < 1.29 is 8.42 Å². The van der Waals surface area contributed by atoms with Crippen LogP contribution in [0.25, 0.3) is 5.69 Å². The average molecular weight is 464 g/mol. The average Bonchev–Trinajstić information content (AvgIpc) is 2.91. The van der Waals surface area contributed by atoms with Gasteiger partial charge in [0.15, 0.2) is 0 Å². The van der Waals surface area contributed by atoms with Crippen LogP contribution in [-0.2, 0) is 23.6 Å². The van der Waals surface area contributed by atoms with Gasteiger partial charge in [-0.05, 0) is 43.7 Å². The van der Waals surface area contributed by atoms with Crippen molar-refractivity contribution in [2.75, 3.05) is 10.1 Å². The smallest absolute Gasteiger partial charge is 0.283 e. The normalized spacial score (nSPS) is 11.6. The van der Waals surface area contributed by atoms with Gasteiger partial charge in [0.25, 0.3) is 5.56 Å². The van der Waals surface area contributed by atoms with Crippen LogP contribution in [0.2, 0.25) is 0 Å². The van der Waals surface area contributed by atoms with E-state index < -0.39 is 10.0 Å². The van der Waals surface area contributed by atoms with E-state index in [2.05, 4.69) is 15.9 Å². The maximum absolute atomic E-state index is 13.3. The number of para-hydroxylation sites is 1. The molecule has 0 unspecified atom stereocenters. The molecule has 28 heavy (non-hydrogen) atoms. The maximum Gasteiger partial charge on any atom is 0.296 e. The molecule has 1 aromatic heterocycles. The lowest BCUT2D eigenvalue weighted by molar-refractivity contribution is 0.591. The van der Waals surface area contributed by atoms with Gasteiger partial charge in [-0.15, -0.1) is 0 Å². The third-order valence-electron chi connectivity index (χ3n) is 4.71. The monoisotopic (exact) mass is 463 g/mol. The Kier molecular flexibility index (Phi) is 5.81. The Morgan fingerprint density at radius 3 is 2.21 bits per heavy atom. The highest BCUT2D eigenvalue weighted by molar-refractivity contribution is 9.10. The standard InChI is InChI=1S/C20H22BrN3O3S/c1-4-28(26,27)23(14-16-10-12-17(21)13-11-16)19-15(2)22(3)24(20(19)25)18-8-6-5-7-9-18/h5-13H,4,14H2,1-3H3. The van der Waals surface area contributed by atoms with Crippen molar-refractivity contribution in [2.24, 2.45) is 7.05 Å². The summed E-state index contributed by atoms with van der Waals surface area (Å²) in [5.41, 5.74) is 1.88. The van der Waals surface area contributed by atoms with E-state index in [-0.39, 0.29) is 23.5 Å². The van der Waals surface area contributed by atoms with Gasteiger partial charge in [0.2, 0.25) is 10.0 Å². The SMILES string of the molecule is CCS(=O)(=O)N(Cc1ccc(Br)cc1)c1c(C)n(C)n(-c2ccccc2)c1=O. The van der Waals surface area contributed by atoms with Crippen molar-refractivity contribution in [3.8, 4) is 5.69 Å². The molecule has 6 nitrogen and oxygen atoms in total. The van der Waals surface area contributed by atoms with E-state index in [0.717, 1.165) is 10.0 Å². The van der Waals surface area contributed by atoms with E-state index in [9.17, 15) is 13.2 Å². The predicted octanol–water partition coefficient (Wildman–Crippen LogP) is 3.60. The highest BCUT2D eigenvalue weighted by Gasteiger charge is 2.29. The number of rotatable bonds is 6. The van der Waals surface area contributed by atoms with E-state index in [1.807, 2.05) is 54.6 Å². The lowest BCUT2D eigenvalue weighted by Crippen LogP contribution is -2.35. The zero-order chi connectivity index (χ0) is 20.5. The molecule has 2 aromatic carbocycles. The number of halogens is 1. The van der Waals surface area contributed by atoms with Gasteiger partial charge in [-0.25, -0.2) is 13.1 Å². The van der Waals surface area contributed by atoms with Gasteiger partial charge >= 0.3 is 0 Å². The van der Waals surface area contributed by atoms with Crippen molar-refractivity contribution in [1.82, 2.24) is 9.36 Å². The zero-order valence-electron chi connectivity index (χ0n) is 16.0. The minimum Gasteiger partial charge on any atom is -0.283 e. The summed E-state index contributed by atoms with van der Waals surface area (Å²) in [5.74, 6) is -0.0946. The molecule has 0 saturated carbocycles. The number of nitrogens with zero attached hydrogens (tertiary/aromatic N) is 3. The molecule has 0 atom stereocenters. The molecule has 0 fully saturated rings. The first-order valence-electron chi connectivity index (χ1n) is 8.85. The summed E-state index contributed by atoms with van der Waals surface area (Å²) >= 11 is 3.38. The summed E-state index contributed by atoms with van der Waals surface area (Å²) in [6, 6.07) is 16.6. The second kappa shape index (κ2) is 7.97. The number of aromatic nitrogens is 2. The zero-order valence-corrected chi connectivity index (χ0v) is 18.4. The molecule has 148 valence electrons. The molecule has 0 bridgehead atoms. The number of hydrogen-bond donors (Lipinski definition) is 0. The Morgan fingerprint density at radius 1 is 1.04 bits per heavy atom.